The molecular weight excluding hydrogens is 522 g/mol. The largest absolute Gasteiger partial charge is 0.488 e. The number of hydrogen-bond donors (Lipinski definition) is 1. The third-order valence-electron chi connectivity index (χ3n) is 7.15. The summed E-state index contributed by atoms with van der Waals surface area (Å²) in [6.45, 7) is 4.29. The highest BCUT2D eigenvalue weighted by Gasteiger charge is 2.32. The van der Waals surface area contributed by atoms with Crippen molar-refractivity contribution in [1.82, 2.24) is 4.98 Å². The summed E-state index contributed by atoms with van der Waals surface area (Å²) in [5, 5.41) is 2.80. The van der Waals surface area contributed by atoms with Gasteiger partial charge in [0.15, 0.2) is 0 Å². The van der Waals surface area contributed by atoms with Crippen LogP contribution in [0.4, 0.5) is 11.5 Å². The molecule has 1 N–H and O–H groups in total. The molecule has 2 heterocycles. The lowest BCUT2D eigenvalue weighted by atomic mass is 9.98. The van der Waals surface area contributed by atoms with Gasteiger partial charge >= 0.3 is 0 Å². The number of rotatable bonds is 12. The van der Waals surface area contributed by atoms with Crippen LogP contribution in [0.5, 0.6) is 17.2 Å². The maximum Gasteiger partial charge on any atom is 0.257 e. The molecule has 2 amide bonds. The first kappa shape index (κ1) is 28.6. The molecular formula is C32H37N3O6. The predicted molar refractivity (Wildman–Crippen MR) is 156 cm³/mol. The molecule has 0 bridgehead atoms. The van der Waals surface area contributed by atoms with Gasteiger partial charge in [0.1, 0.15) is 29.2 Å². The van der Waals surface area contributed by atoms with Gasteiger partial charge in [0.2, 0.25) is 5.91 Å². The van der Waals surface area contributed by atoms with Gasteiger partial charge in [0.25, 0.3) is 5.91 Å². The molecule has 9 nitrogen and oxygen atoms in total. The minimum absolute atomic E-state index is 0.00248. The highest BCUT2D eigenvalue weighted by Crippen LogP contribution is 2.34. The van der Waals surface area contributed by atoms with Gasteiger partial charge in [-0.05, 0) is 87.1 Å². The summed E-state index contributed by atoms with van der Waals surface area (Å²) in [7, 11) is 1.61. The normalized spacial score (nSPS) is 16.0. The Morgan fingerprint density at radius 3 is 2.44 bits per heavy atom. The Hall–Kier alpha value is -3.95. The highest BCUT2D eigenvalue weighted by atomic mass is 16.5. The monoisotopic (exact) mass is 559 g/mol. The number of pyridine rings is 1. The first-order valence-corrected chi connectivity index (χ1v) is 14.2. The molecule has 1 saturated carbocycles. The van der Waals surface area contributed by atoms with Crippen molar-refractivity contribution in [2.75, 3.05) is 43.7 Å². The van der Waals surface area contributed by atoms with Gasteiger partial charge in [-0.25, -0.2) is 4.98 Å². The molecule has 1 aliphatic heterocycles. The van der Waals surface area contributed by atoms with Crippen LogP contribution in [0, 0.1) is 11.8 Å². The van der Waals surface area contributed by atoms with E-state index in [1.165, 1.54) is 0 Å². The maximum absolute atomic E-state index is 13.4. The fourth-order valence-corrected chi connectivity index (χ4v) is 4.83. The van der Waals surface area contributed by atoms with Crippen LogP contribution in [0.2, 0.25) is 0 Å². The van der Waals surface area contributed by atoms with Crippen LogP contribution in [-0.4, -0.2) is 56.4 Å². The van der Waals surface area contributed by atoms with Gasteiger partial charge in [-0.15, -0.1) is 0 Å². The molecule has 1 aliphatic carbocycles. The van der Waals surface area contributed by atoms with Crippen molar-refractivity contribution < 1.29 is 28.5 Å². The Morgan fingerprint density at radius 1 is 1.00 bits per heavy atom. The van der Waals surface area contributed by atoms with Gasteiger partial charge in [-0.3, -0.25) is 9.59 Å². The van der Waals surface area contributed by atoms with E-state index in [0.29, 0.717) is 54.4 Å². The maximum atomic E-state index is 13.4. The summed E-state index contributed by atoms with van der Waals surface area (Å²) in [4.78, 5) is 32.6. The third kappa shape index (κ3) is 8.05. The van der Waals surface area contributed by atoms with Gasteiger partial charge in [0.05, 0.1) is 6.61 Å². The molecule has 2 aromatic carbocycles. The first-order valence-electron chi connectivity index (χ1n) is 14.2. The Bertz CT molecular complexity index is 1310. The van der Waals surface area contributed by atoms with Crippen molar-refractivity contribution in [1.29, 1.82) is 0 Å². The van der Waals surface area contributed by atoms with E-state index in [-0.39, 0.29) is 23.8 Å². The summed E-state index contributed by atoms with van der Waals surface area (Å²) in [6.07, 6.45) is 5.24. The van der Waals surface area contributed by atoms with E-state index in [9.17, 15) is 9.59 Å². The second kappa shape index (κ2) is 13.6. The van der Waals surface area contributed by atoms with Crippen molar-refractivity contribution in [3.8, 4) is 17.2 Å². The minimum atomic E-state index is -0.337. The average Bonchev–Trinajstić information content (AvgIpc) is 3.81. The van der Waals surface area contributed by atoms with Crippen molar-refractivity contribution in [2.24, 2.45) is 11.8 Å². The molecule has 0 unspecified atom stereocenters. The van der Waals surface area contributed by atoms with Crippen LogP contribution in [0.1, 0.15) is 43.0 Å². The minimum Gasteiger partial charge on any atom is -0.488 e. The van der Waals surface area contributed by atoms with E-state index >= 15 is 0 Å². The quantitative estimate of drug-likeness (QED) is 0.303. The van der Waals surface area contributed by atoms with Crippen molar-refractivity contribution >= 4 is 23.3 Å². The standard InChI is InChI=1S/C32H37N3O6/c1-22(21-38-2)40-28-17-25(31(36)34-30-5-3-4-14-33-30)18-29(19-28)41-27-10-8-26(9-11-27)35(20-23-6-7-23)32(37)24-12-15-39-16-13-24/h3-5,8-11,14,17-19,22-24H,6-7,12-13,15-16,20-21H2,1-2H3,(H,33,34,36)/t22-/m0/s1. The zero-order valence-electron chi connectivity index (χ0n) is 23.6. The van der Waals surface area contributed by atoms with E-state index in [0.717, 1.165) is 37.9 Å². The third-order valence-corrected chi connectivity index (χ3v) is 7.15. The lowest BCUT2D eigenvalue weighted by Gasteiger charge is -2.29. The molecule has 0 spiro atoms. The molecule has 3 aromatic rings. The number of carbonyl (C=O) groups excluding carboxylic acids is 2. The predicted octanol–water partition coefficient (Wildman–Crippen LogP) is 5.71. The molecule has 1 atom stereocenters. The topological polar surface area (TPSA) is 99.2 Å². The molecule has 0 radical (unpaired) electrons. The fraction of sp³-hybridized carbons (Fsp3) is 0.406. The van der Waals surface area contributed by atoms with E-state index in [4.69, 9.17) is 18.9 Å². The van der Waals surface area contributed by atoms with E-state index in [2.05, 4.69) is 10.3 Å². The number of anilines is 2. The van der Waals surface area contributed by atoms with E-state index < -0.39 is 0 Å². The smallest absolute Gasteiger partial charge is 0.257 e. The molecule has 1 saturated heterocycles. The average molecular weight is 560 g/mol. The SMILES string of the molecule is COC[C@H](C)Oc1cc(Oc2ccc(N(CC3CC3)C(=O)C3CCOCC3)cc2)cc(C(=O)Nc2ccccn2)c1. The van der Waals surface area contributed by atoms with Crippen LogP contribution in [0.3, 0.4) is 0 Å². The summed E-state index contributed by atoms with van der Waals surface area (Å²) < 4.78 is 22.8. The van der Waals surface area contributed by atoms with Gasteiger partial charge in [-0.2, -0.15) is 0 Å². The molecule has 41 heavy (non-hydrogen) atoms. The molecule has 1 aromatic heterocycles. The number of benzene rings is 2. The lowest BCUT2D eigenvalue weighted by Crippen LogP contribution is -2.39. The van der Waals surface area contributed by atoms with E-state index in [1.807, 2.05) is 36.1 Å². The van der Waals surface area contributed by atoms with Gasteiger partial charge in [0, 0.05) is 56.3 Å². The van der Waals surface area contributed by atoms with Crippen LogP contribution in [0.15, 0.2) is 66.9 Å². The number of amides is 2. The molecule has 2 aliphatic rings. The van der Waals surface area contributed by atoms with Crippen LogP contribution in [-0.2, 0) is 14.3 Å². The number of carbonyl (C=O) groups is 2. The second-order valence-corrected chi connectivity index (χ2v) is 10.6. The van der Waals surface area contributed by atoms with Crippen LogP contribution < -0.4 is 19.7 Å². The molecule has 216 valence electrons. The van der Waals surface area contributed by atoms with Crippen molar-refractivity contribution in [2.45, 2.75) is 38.7 Å². The number of ether oxygens (including phenoxy) is 4. The first-order chi connectivity index (χ1) is 20.0. The van der Waals surface area contributed by atoms with Crippen molar-refractivity contribution in [3.05, 3.63) is 72.4 Å². The Kier molecular flexibility index (Phi) is 9.48. The number of aromatic nitrogens is 1. The number of nitrogens with one attached hydrogen (secondary N) is 1. The Morgan fingerprint density at radius 2 is 1.76 bits per heavy atom. The van der Waals surface area contributed by atoms with Gasteiger partial charge in [-0.1, -0.05) is 6.07 Å². The number of methoxy groups -OCH3 is 1. The van der Waals surface area contributed by atoms with Crippen LogP contribution >= 0.6 is 0 Å². The second-order valence-electron chi connectivity index (χ2n) is 10.6. The molecule has 9 heteroatoms. The highest BCUT2D eigenvalue weighted by molar-refractivity contribution is 6.04. The molecule has 2 fully saturated rings. The number of nitrogens with zero attached hydrogens (tertiary/aromatic N) is 2. The Balaban J connectivity index is 1.34. The Labute approximate surface area is 240 Å². The van der Waals surface area contributed by atoms with Crippen LogP contribution in [0.25, 0.3) is 0 Å². The summed E-state index contributed by atoms with van der Waals surface area (Å²) in [6, 6.07) is 17.9. The zero-order valence-corrected chi connectivity index (χ0v) is 23.6. The zero-order chi connectivity index (χ0) is 28.6. The summed E-state index contributed by atoms with van der Waals surface area (Å²) in [5.74, 6) is 2.35. The summed E-state index contributed by atoms with van der Waals surface area (Å²) in [5.41, 5.74) is 1.23. The number of hydrogen-bond acceptors (Lipinski definition) is 7. The molecule has 5 rings (SSSR count). The van der Waals surface area contributed by atoms with Crippen molar-refractivity contribution in [3.63, 3.8) is 0 Å². The van der Waals surface area contributed by atoms with E-state index in [1.54, 1.807) is 49.7 Å². The fourth-order valence-electron chi connectivity index (χ4n) is 4.83. The summed E-state index contributed by atoms with van der Waals surface area (Å²) >= 11 is 0. The lowest BCUT2D eigenvalue weighted by molar-refractivity contribution is -0.125. The van der Waals surface area contributed by atoms with Gasteiger partial charge < -0.3 is 29.2 Å².